The van der Waals surface area contributed by atoms with Crippen molar-refractivity contribution >= 4 is 11.7 Å². The molecule has 0 saturated carbocycles. The number of aryl methyl sites for hydroxylation is 1. The number of anilines is 1. The summed E-state index contributed by atoms with van der Waals surface area (Å²) in [5, 5.41) is 6.86. The first-order valence-corrected chi connectivity index (χ1v) is 8.84. The highest BCUT2D eigenvalue weighted by Crippen LogP contribution is 2.32. The Kier molecular flexibility index (Phi) is 4.58. The number of carbonyl (C=O) groups excluding carboxylic acids is 1. The van der Waals surface area contributed by atoms with Crippen LogP contribution in [-0.2, 0) is 0 Å². The van der Waals surface area contributed by atoms with Gasteiger partial charge in [0.1, 0.15) is 11.9 Å². The van der Waals surface area contributed by atoms with E-state index in [1.165, 1.54) is 24.3 Å². The lowest BCUT2D eigenvalue weighted by Crippen LogP contribution is -2.34. The molecule has 1 aromatic heterocycles. The second-order valence-electron chi connectivity index (χ2n) is 6.61. The van der Waals surface area contributed by atoms with E-state index in [4.69, 9.17) is 4.52 Å². The average molecular weight is 366 g/mol. The summed E-state index contributed by atoms with van der Waals surface area (Å²) in [6.07, 6.45) is 1.61. The van der Waals surface area contributed by atoms with Crippen LogP contribution >= 0.6 is 0 Å². The Balaban J connectivity index is 1.51. The van der Waals surface area contributed by atoms with E-state index in [1.54, 1.807) is 4.90 Å². The minimum absolute atomic E-state index is 0.264. The smallest absolute Gasteiger partial charge is 0.322 e. The third-order valence-electron chi connectivity index (χ3n) is 4.61. The zero-order chi connectivity index (χ0) is 18.8. The standard InChI is InChI=1S/C20H19FN4O2/c1-13-4-2-5-14(12-13)18-23-19(27-24-18)17-6-3-11-25(17)20(26)22-16-9-7-15(21)8-10-16/h2,4-5,7-10,12,17H,3,6,11H2,1H3,(H,22,26). The van der Waals surface area contributed by atoms with Crippen LogP contribution in [-0.4, -0.2) is 27.6 Å². The van der Waals surface area contributed by atoms with Crippen LogP contribution in [0.15, 0.2) is 53.1 Å². The van der Waals surface area contributed by atoms with Crippen molar-refractivity contribution in [2.75, 3.05) is 11.9 Å². The number of urea groups is 1. The quantitative estimate of drug-likeness (QED) is 0.738. The average Bonchev–Trinajstić information content (AvgIpc) is 3.33. The lowest BCUT2D eigenvalue weighted by Gasteiger charge is -2.22. The first kappa shape index (κ1) is 17.2. The van der Waals surface area contributed by atoms with E-state index in [2.05, 4.69) is 15.5 Å². The third-order valence-corrected chi connectivity index (χ3v) is 4.61. The largest absolute Gasteiger partial charge is 0.337 e. The predicted molar refractivity (Wildman–Crippen MR) is 98.6 cm³/mol. The molecule has 1 saturated heterocycles. The molecule has 2 heterocycles. The molecular formula is C20H19FN4O2. The molecule has 1 aliphatic rings. The highest BCUT2D eigenvalue weighted by Gasteiger charge is 2.34. The normalized spacial score (nSPS) is 16.5. The van der Waals surface area contributed by atoms with Crippen molar-refractivity contribution in [1.82, 2.24) is 15.0 Å². The topological polar surface area (TPSA) is 71.3 Å². The van der Waals surface area contributed by atoms with Crippen molar-refractivity contribution < 1.29 is 13.7 Å². The maximum Gasteiger partial charge on any atom is 0.322 e. The van der Waals surface area contributed by atoms with Gasteiger partial charge >= 0.3 is 6.03 Å². The highest BCUT2D eigenvalue weighted by molar-refractivity contribution is 5.89. The molecule has 0 radical (unpaired) electrons. The Morgan fingerprint density at radius 2 is 2.07 bits per heavy atom. The molecule has 2 amide bonds. The lowest BCUT2D eigenvalue weighted by atomic mass is 10.1. The van der Waals surface area contributed by atoms with Gasteiger partial charge in [-0.15, -0.1) is 0 Å². The minimum Gasteiger partial charge on any atom is -0.337 e. The van der Waals surface area contributed by atoms with Crippen LogP contribution in [0.5, 0.6) is 0 Å². The van der Waals surface area contributed by atoms with Crippen LogP contribution in [0.2, 0.25) is 0 Å². The van der Waals surface area contributed by atoms with Crippen LogP contribution in [0, 0.1) is 12.7 Å². The molecule has 0 bridgehead atoms. The van der Waals surface area contributed by atoms with Crippen LogP contribution in [0.3, 0.4) is 0 Å². The Morgan fingerprint density at radius 3 is 2.85 bits per heavy atom. The molecule has 4 rings (SSSR count). The Hall–Kier alpha value is -3.22. The number of benzene rings is 2. The maximum absolute atomic E-state index is 13.0. The van der Waals surface area contributed by atoms with Gasteiger partial charge in [-0.1, -0.05) is 28.9 Å². The van der Waals surface area contributed by atoms with Gasteiger partial charge < -0.3 is 14.7 Å². The number of rotatable bonds is 3. The number of amides is 2. The molecular weight excluding hydrogens is 347 g/mol. The molecule has 1 fully saturated rings. The summed E-state index contributed by atoms with van der Waals surface area (Å²) in [6, 6.07) is 13.0. The number of hydrogen-bond acceptors (Lipinski definition) is 4. The number of halogens is 1. The predicted octanol–water partition coefficient (Wildman–Crippen LogP) is 4.55. The van der Waals surface area contributed by atoms with Crippen molar-refractivity contribution in [1.29, 1.82) is 0 Å². The van der Waals surface area contributed by atoms with Crippen LogP contribution in [0.4, 0.5) is 14.9 Å². The monoisotopic (exact) mass is 366 g/mol. The zero-order valence-corrected chi connectivity index (χ0v) is 14.9. The number of likely N-dealkylation sites (tertiary alicyclic amines) is 1. The SMILES string of the molecule is Cc1cccc(-c2noc(C3CCCN3C(=O)Nc3ccc(F)cc3)n2)c1. The van der Waals surface area contributed by atoms with Gasteiger partial charge in [-0.3, -0.25) is 0 Å². The number of carbonyl (C=O) groups is 1. The van der Waals surface area contributed by atoms with Crippen molar-refractivity contribution in [3.05, 3.63) is 65.8 Å². The number of aromatic nitrogens is 2. The summed E-state index contributed by atoms with van der Waals surface area (Å²) < 4.78 is 18.5. The molecule has 138 valence electrons. The second kappa shape index (κ2) is 7.19. The van der Waals surface area contributed by atoms with Crippen molar-refractivity contribution in [3.8, 4) is 11.4 Å². The van der Waals surface area contributed by atoms with E-state index in [1.807, 2.05) is 31.2 Å². The van der Waals surface area contributed by atoms with Gasteiger partial charge in [0, 0.05) is 17.8 Å². The molecule has 1 unspecified atom stereocenters. The van der Waals surface area contributed by atoms with Gasteiger partial charge in [0.25, 0.3) is 0 Å². The van der Waals surface area contributed by atoms with E-state index >= 15 is 0 Å². The molecule has 7 heteroatoms. The lowest BCUT2D eigenvalue weighted by molar-refractivity contribution is 0.193. The van der Waals surface area contributed by atoms with Crippen LogP contribution < -0.4 is 5.32 Å². The third kappa shape index (κ3) is 3.67. The summed E-state index contributed by atoms with van der Waals surface area (Å²) >= 11 is 0. The molecule has 1 atom stereocenters. The summed E-state index contributed by atoms with van der Waals surface area (Å²) in [7, 11) is 0. The minimum atomic E-state index is -0.346. The maximum atomic E-state index is 13.0. The number of nitrogens with one attached hydrogen (secondary N) is 1. The van der Waals surface area contributed by atoms with Gasteiger partial charge in [0.15, 0.2) is 0 Å². The van der Waals surface area contributed by atoms with E-state index in [0.29, 0.717) is 23.9 Å². The Bertz CT molecular complexity index is 955. The van der Waals surface area contributed by atoms with Gasteiger partial charge in [-0.25, -0.2) is 9.18 Å². The molecule has 0 aliphatic carbocycles. The van der Waals surface area contributed by atoms with Crippen LogP contribution in [0.25, 0.3) is 11.4 Å². The zero-order valence-electron chi connectivity index (χ0n) is 14.9. The van der Waals surface area contributed by atoms with Gasteiger partial charge in [0.2, 0.25) is 11.7 Å². The molecule has 1 aliphatic heterocycles. The second-order valence-corrected chi connectivity index (χ2v) is 6.61. The van der Waals surface area contributed by atoms with Crippen molar-refractivity contribution in [2.24, 2.45) is 0 Å². The number of nitrogens with zero attached hydrogens (tertiary/aromatic N) is 3. The highest BCUT2D eigenvalue weighted by atomic mass is 19.1. The fourth-order valence-corrected chi connectivity index (χ4v) is 3.27. The van der Waals surface area contributed by atoms with Crippen molar-refractivity contribution in [3.63, 3.8) is 0 Å². The van der Waals surface area contributed by atoms with E-state index < -0.39 is 0 Å². The van der Waals surface area contributed by atoms with Gasteiger partial charge in [-0.05, 0) is 50.1 Å². The summed E-state index contributed by atoms with van der Waals surface area (Å²) in [5.74, 6) is 0.597. The first-order valence-electron chi connectivity index (χ1n) is 8.84. The molecule has 3 aromatic rings. The summed E-state index contributed by atoms with van der Waals surface area (Å²) in [5.41, 5.74) is 2.53. The van der Waals surface area contributed by atoms with Gasteiger partial charge in [-0.2, -0.15) is 4.98 Å². The summed E-state index contributed by atoms with van der Waals surface area (Å²) in [4.78, 5) is 18.8. The Morgan fingerprint density at radius 1 is 1.26 bits per heavy atom. The molecule has 1 N–H and O–H groups in total. The van der Waals surface area contributed by atoms with E-state index in [-0.39, 0.29) is 17.9 Å². The fraction of sp³-hybridized carbons (Fsp3) is 0.250. The fourth-order valence-electron chi connectivity index (χ4n) is 3.27. The first-order chi connectivity index (χ1) is 13.1. The van der Waals surface area contributed by atoms with Crippen molar-refractivity contribution in [2.45, 2.75) is 25.8 Å². The van der Waals surface area contributed by atoms with E-state index in [9.17, 15) is 9.18 Å². The molecule has 6 nitrogen and oxygen atoms in total. The summed E-state index contributed by atoms with van der Waals surface area (Å²) in [6.45, 7) is 2.60. The van der Waals surface area contributed by atoms with Crippen LogP contribution in [0.1, 0.15) is 30.3 Å². The molecule has 27 heavy (non-hydrogen) atoms. The van der Waals surface area contributed by atoms with E-state index in [0.717, 1.165) is 24.0 Å². The van der Waals surface area contributed by atoms with Gasteiger partial charge in [0.05, 0.1) is 0 Å². The number of hydrogen-bond donors (Lipinski definition) is 1. The Labute approximate surface area is 156 Å². The molecule has 0 spiro atoms. The molecule has 2 aromatic carbocycles.